The third-order valence-electron chi connectivity index (χ3n) is 5.34. The van der Waals surface area contributed by atoms with Crippen LogP contribution in [0.15, 0.2) is 48.5 Å². The Balaban J connectivity index is 1.26. The molecule has 2 aliphatic rings. The lowest BCUT2D eigenvalue weighted by Crippen LogP contribution is -2.52. The number of benzene rings is 2. The van der Waals surface area contributed by atoms with E-state index in [1.54, 1.807) is 4.90 Å². The average Bonchev–Trinajstić information content (AvgIpc) is 3.22. The number of ether oxygens (including phenoxy) is 2. The smallest absolute Gasteiger partial charge is 0.311 e. The molecule has 2 aromatic carbocycles. The number of amides is 2. The van der Waals surface area contributed by atoms with Crippen LogP contribution in [-0.4, -0.2) is 54.6 Å². The monoisotopic (exact) mass is 395 g/mol. The predicted octanol–water partition coefficient (Wildman–Crippen LogP) is 1.94. The van der Waals surface area contributed by atoms with E-state index in [0.717, 1.165) is 42.3 Å². The van der Waals surface area contributed by atoms with E-state index >= 15 is 0 Å². The Morgan fingerprint density at radius 1 is 1.00 bits per heavy atom. The summed E-state index contributed by atoms with van der Waals surface area (Å²) in [5.41, 5.74) is 2.12. The number of rotatable bonds is 4. The van der Waals surface area contributed by atoms with Gasteiger partial charge in [0.2, 0.25) is 6.79 Å². The summed E-state index contributed by atoms with van der Waals surface area (Å²) >= 11 is 0. The zero-order valence-electron chi connectivity index (χ0n) is 16.5. The van der Waals surface area contributed by atoms with Crippen molar-refractivity contribution >= 4 is 11.8 Å². The van der Waals surface area contributed by atoms with Crippen molar-refractivity contribution in [3.05, 3.63) is 59.7 Å². The van der Waals surface area contributed by atoms with Gasteiger partial charge < -0.3 is 19.7 Å². The van der Waals surface area contributed by atoms with E-state index in [9.17, 15) is 9.59 Å². The van der Waals surface area contributed by atoms with Crippen LogP contribution in [0.5, 0.6) is 11.5 Å². The Morgan fingerprint density at radius 2 is 1.72 bits per heavy atom. The molecule has 0 bridgehead atoms. The lowest BCUT2D eigenvalue weighted by molar-refractivity contribution is -0.147. The molecule has 0 saturated carbocycles. The number of carbonyl (C=O) groups is 2. The quantitative estimate of drug-likeness (QED) is 0.801. The lowest BCUT2D eigenvalue weighted by Gasteiger charge is -2.34. The second-order valence-electron chi connectivity index (χ2n) is 7.36. The van der Waals surface area contributed by atoms with Crippen LogP contribution in [0.4, 0.5) is 0 Å². The maximum Gasteiger partial charge on any atom is 0.311 e. The fraction of sp³-hybridized carbons (Fsp3) is 0.364. The molecule has 4 rings (SSSR count). The molecule has 1 N–H and O–H groups in total. The van der Waals surface area contributed by atoms with Crippen molar-refractivity contribution in [1.29, 1.82) is 0 Å². The van der Waals surface area contributed by atoms with E-state index in [2.05, 4.69) is 10.2 Å². The molecule has 2 aromatic rings. The molecule has 29 heavy (non-hydrogen) atoms. The van der Waals surface area contributed by atoms with E-state index in [0.29, 0.717) is 13.1 Å². The number of carbonyl (C=O) groups excluding carboxylic acids is 2. The van der Waals surface area contributed by atoms with Crippen molar-refractivity contribution in [2.75, 3.05) is 33.0 Å². The van der Waals surface area contributed by atoms with Crippen molar-refractivity contribution in [3.8, 4) is 11.5 Å². The van der Waals surface area contributed by atoms with Crippen LogP contribution in [-0.2, 0) is 16.1 Å². The largest absolute Gasteiger partial charge is 0.454 e. The Bertz CT molecular complexity index is 879. The van der Waals surface area contributed by atoms with Gasteiger partial charge in [0.25, 0.3) is 0 Å². The predicted molar refractivity (Wildman–Crippen MR) is 107 cm³/mol. The molecule has 2 aliphatic heterocycles. The highest BCUT2D eigenvalue weighted by molar-refractivity contribution is 6.35. The van der Waals surface area contributed by atoms with Gasteiger partial charge in [-0.1, -0.05) is 36.4 Å². The summed E-state index contributed by atoms with van der Waals surface area (Å²) < 4.78 is 10.8. The van der Waals surface area contributed by atoms with Gasteiger partial charge in [-0.05, 0) is 30.2 Å². The first-order chi connectivity index (χ1) is 14.1. The lowest BCUT2D eigenvalue weighted by atomic mass is 10.1. The molecule has 0 spiro atoms. The summed E-state index contributed by atoms with van der Waals surface area (Å²) in [4.78, 5) is 28.8. The Morgan fingerprint density at radius 3 is 2.48 bits per heavy atom. The third-order valence-corrected chi connectivity index (χ3v) is 5.34. The molecule has 152 valence electrons. The highest BCUT2D eigenvalue weighted by atomic mass is 16.7. The molecule has 0 radical (unpaired) electrons. The zero-order chi connectivity index (χ0) is 20.2. The molecule has 1 unspecified atom stereocenters. The standard InChI is InChI=1S/C22H25N3O4/c1-16(18-5-3-2-4-6-18)23-21(26)22(27)25-11-9-24(10-12-25)14-17-7-8-19-20(13-17)29-15-28-19/h2-8,13,16H,9-12,14-15H2,1H3,(H,23,26). The number of piperazine rings is 1. The van der Waals surface area contributed by atoms with E-state index in [-0.39, 0.29) is 12.8 Å². The Kier molecular flexibility index (Phi) is 5.67. The highest BCUT2D eigenvalue weighted by Crippen LogP contribution is 2.32. The molecule has 7 heteroatoms. The molecular weight excluding hydrogens is 370 g/mol. The fourth-order valence-corrected chi connectivity index (χ4v) is 3.63. The van der Waals surface area contributed by atoms with Crippen molar-refractivity contribution in [3.63, 3.8) is 0 Å². The normalized spacial score (nSPS) is 17.1. The second-order valence-corrected chi connectivity index (χ2v) is 7.36. The summed E-state index contributed by atoms with van der Waals surface area (Å²) in [7, 11) is 0. The van der Waals surface area contributed by atoms with Crippen LogP contribution < -0.4 is 14.8 Å². The summed E-state index contributed by atoms with van der Waals surface area (Å²) in [6, 6.07) is 15.4. The van der Waals surface area contributed by atoms with Crippen molar-refractivity contribution < 1.29 is 19.1 Å². The highest BCUT2D eigenvalue weighted by Gasteiger charge is 2.27. The van der Waals surface area contributed by atoms with Gasteiger partial charge in [-0.3, -0.25) is 14.5 Å². The molecular formula is C22H25N3O4. The van der Waals surface area contributed by atoms with Gasteiger partial charge in [-0.25, -0.2) is 0 Å². The van der Waals surface area contributed by atoms with Crippen LogP contribution in [0.3, 0.4) is 0 Å². The number of hydrogen-bond donors (Lipinski definition) is 1. The minimum Gasteiger partial charge on any atom is -0.454 e. The van der Waals surface area contributed by atoms with Gasteiger partial charge in [0.1, 0.15) is 0 Å². The molecule has 7 nitrogen and oxygen atoms in total. The molecule has 2 amide bonds. The zero-order valence-corrected chi connectivity index (χ0v) is 16.5. The van der Waals surface area contributed by atoms with Gasteiger partial charge in [-0.2, -0.15) is 0 Å². The van der Waals surface area contributed by atoms with Crippen LogP contribution in [0.1, 0.15) is 24.1 Å². The van der Waals surface area contributed by atoms with Gasteiger partial charge in [0, 0.05) is 32.7 Å². The van der Waals surface area contributed by atoms with Gasteiger partial charge in [0.15, 0.2) is 11.5 Å². The molecule has 2 heterocycles. The van der Waals surface area contributed by atoms with E-state index in [1.165, 1.54) is 0 Å². The van der Waals surface area contributed by atoms with Crippen LogP contribution in [0.2, 0.25) is 0 Å². The first kappa shape index (κ1) is 19.3. The van der Waals surface area contributed by atoms with Gasteiger partial charge in [-0.15, -0.1) is 0 Å². The molecule has 0 aromatic heterocycles. The average molecular weight is 395 g/mol. The maximum atomic E-state index is 12.5. The van der Waals surface area contributed by atoms with Crippen molar-refractivity contribution in [2.24, 2.45) is 0 Å². The topological polar surface area (TPSA) is 71.1 Å². The summed E-state index contributed by atoms with van der Waals surface area (Å²) in [6.07, 6.45) is 0. The third kappa shape index (κ3) is 4.51. The van der Waals surface area contributed by atoms with E-state index < -0.39 is 11.8 Å². The number of nitrogens with one attached hydrogen (secondary N) is 1. The number of fused-ring (bicyclic) bond motifs is 1. The van der Waals surface area contributed by atoms with E-state index in [4.69, 9.17) is 9.47 Å². The van der Waals surface area contributed by atoms with Gasteiger partial charge in [0.05, 0.1) is 6.04 Å². The number of hydrogen-bond acceptors (Lipinski definition) is 5. The SMILES string of the molecule is CC(NC(=O)C(=O)N1CCN(Cc2ccc3c(c2)OCO3)CC1)c1ccccc1. The molecule has 0 aliphatic carbocycles. The summed E-state index contributed by atoms with van der Waals surface area (Å²) in [6.45, 7) is 5.45. The second kappa shape index (κ2) is 8.53. The van der Waals surface area contributed by atoms with Crippen molar-refractivity contribution in [1.82, 2.24) is 15.1 Å². The molecule has 1 fully saturated rings. The fourth-order valence-electron chi connectivity index (χ4n) is 3.63. The van der Waals surface area contributed by atoms with Crippen LogP contribution in [0, 0.1) is 0 Å². The van der Waals surface area contributed by atoms with Crippen LogP contribution >= 0.6 is 0 Å². The minimum atomic E-state index is -0.550. The molecule has 1 saturated heterocycles. The first-order valence-corrected chi connectivity index (χ1v) is 9.86. The minimum absolute atomic E-state index is 0.208. The first-order valence-electron chi connectivity index (χ1n) is 9.86. The summed E-state index contributed by atoms with van der Waals surface area (Å²) in [5.74, 6) is 0.543. The Hall–Kier alpha value is -3.06. The number of nitrogens with zero attached hydrogens (tertiary/aromatic N) is 2. The Labute approximate surface area is 170 Å². The van der Waals surface area contributed by atoms with Gasteiger partial charge >= 0.3 is 11.8 Å². The summed E-state index contributed by atoms with van der Waals surface area (Å²) in [5, 5.41) is 2.80. The van der Waals surface area contributed by atoms with Crippen LogP contribution in [0.25, 0.3) is 0 Å². The van der Waals surface area contributed by atoms with E-state index in [1.807, 2.05) is 55.5 Å². The maximum absolute atomic E-state index is 12.5. The molecule has 1 atom stereocenters. The van der Waals surface area contributed by atoms with Crippen molar-refractivity contribution in [2.45, 2.75) is 19.5 Å².